The molecule has 2 nitrogen and oxygen atoms in total. The first-order valence-corrected chi connectivity index (χ1v) is 11.4. The summed E-state index contributed by atoms with van der Waals surface area (Å²) in [5.74, 6) is -1.23. The Morgan fingerprint density at radius 2 is 1.71 bits per heavy atom. The average Bonchev–Trinajstić information content (AvgIpc) is 3.41. The monoisotopic (exact) mass is 456 g/mol. The molecule has 0 amide bonds. The minimum Gasteiger partial charge on any atom is -0.455 e. The van der Waals surface area contributed by atoms with Crippen molar-refractivity contribution in [2.45, 2.75) is 52.6 Å². The molecule has 0 bridgehead atoms. The molecule has 1 aliphatic rings. The number of hydrogen-bond acceptors (Lipinski definition) is 1. The minimum atomic E-state index is -2.95. The summed E-state index contributed by atoms with van der Waals surface area (Å²) >= 11 is 0. The Kier molecular flexibility index (Phi) is 2.68. The lowest BCUT2D eigenvalue weighted by Crippen LogP contribution is -2.32. The lowest BCUT2D eigenvalue weighted by atomic mass is 9.82. The number of furan rings is 1. The largest absolute Gasteiger partial charge is 0.455 e. The van der Waals surface area contributed by atoms with Crippen molar-refractivity contribution in [3.05, 3.63) is 88.6 Å². The van der Waals surface area contributed by atoms with Gasteiger partial charge in [-0.25, -0.2) is 4.57 Å². The van der Waals surface area contributed by atoms with E-state index in [1.807, 2.05) is 25.1 Å². The van der Waals surface area contributed by atoms with Gasteiger partial charge in [0.2, 0.25) is 5.69 Å². The van der Waals surface area contributed by atoms with Gasteiger partial charge in [-0.1, -0.05) is 70.0 Å². The molecule has 0 aliphatic heterocycles. The van der Waals surface area contributed by atoms with Crippen LogP contribution in [0.4, 0.5) is 0 Å². The molecule has 0 radical (unpaired) electrons. The van der Waals surface area contributed by atoms with Crippen LogP contribution in [-0.4, -0.2) is 0 Å². The van der Waals surface area contributed by atoms with Crippen molar-refractivity contribution in [2.24, 2.45) is 7.05 Å². The van der Waals surface area contributed by atoms with Crippen LogP contribution in [-0.2, 0) is 12.5 Å². The predicted molar refractivity (Wildman–Crippen MR) is 141 cm³/mol. The van der Waals surface area contributed by atoms with Crippen LogP contribution < -0.4 is 4.57 Å². The predicted octanol–water partition coefficient (Wildman–Crippen LogP) is 8.12. The lowest BCUT2D eigenvalue weighted by Gasteiger charge is -2.21. The van der Waals surface area contributed by atoms with Crippen molar-refractivity contribution in [1.29, 1.82) is 0 Å². The van der Waals surface area contributed by atoms with E-state index < -0.39 is 31.9 Å². The first-order chi connectivity index (χ1) is 20.2. The third-order valence-electron chi connectivity index (χ3n) is 7.08. The molecule has 2 heteroatoms. The minimum absolute atomic E-state index is 0.0777. The Balaban J connectivity index is 1.76. The van der Waals surface area contributed by atoms with E-state index in [1.54, 1.807) is 61.9 Å². The molecule has 0 saturated carbocycles. The van der Waals surface area contributed by atoms with Crippen LogP contribution in [0.3, 0.4) is 0 Å². The second kappa shape index (κ2) is 7.06. The number of rotatable bonds is 2. The fourth-order valence-corrected chi connectivity index (χ4v) is 5.41. The van der Waals surface area contributed by atoms with Gasteiger partial charge in [0.05, 0.1) is 5.56 Å². The summed E-state index contributed by atoms with van der Waals surface area (Å²) < 4.78 is 93.4. The molecule has 0 atom stereocenters. The van der Waals surface area contributed by atoms with E-state index in [9.17, 15) is 0 Å². The summed E-state index contributed by atoms with van der Waals surface area (Å²) in [4.78, 5) is 0. The fraction of sp³-hybridized carbons (Fsp3) is 0.281. The van der Waals surface area contributed by atoms with Gasteiger partial charge in [0.1, 0.15) is 18.2 Å². The highest BCUT2D eigenvalue weighted by atomic mass is 16.3. The normalized spacial score (nSPS) is 20.0. The Morgan fingerprint density at radius 1 is 0.941 bits per heavy atom. The van der Waals surface area contributed by atoms with Crippen LogP contribution >= 0.6 is 0 Å². The third kappa shape index (κ3) is 2.72. The molecule has 0 saturated heterocycles. The van der Waals surface area contributed by atoms with Crippen LogP contribution in [0.15, 0.2) is 65.2 Å². The molecule has 1 aliphatic carbocycles. The number of benzene rings is 3. The molecule has 0 fully saturated rings. The van der Waals surface area contributed by atoms with E-state index >= 15 is 0 Å². The second-order valence-corrected chi connectivity index (χ2v) is 9.49. The maximum atomic E-state index is 8.75. The zero-order valence-corrected chi connectivity index (χ0v) is 19.6. The fourth-order valence-electron chi connectivity index (χ4n) is 5.41. The van der Waals surface area contributed by atoms with E-state index in [4.69, 9.17) is 18.1 Å². The summed E-state index contributed by atoms with van der Waals surface area (Å²) in [5.41, 5.74) is 2.13. The average molecular weight is 457 g/mol. The molecule has 0 unspecified atom stereocenters. The van der Waals surface area contributed by atoms with Gasteiger partial charge in [-0.2, -0.15) is 0 Å². The second-order valence-electron chi connectivity index (χ2n) is 9.49. The van der Waals surface area contributed by atoms with Gasteiger partial charge in [0, 0.05) is 47.1 Å². The Labute approximate surface area is 215 Å². The quantitative estimate of drug-likeness (QED) is 0.245. The Hall–Kier alpha value is -3.39. The van der Waals surface area contributed by atoms with Crippen molar-refractivity contribution in [3.8, 4) is 22.4 Å². The van der Waals surface area contributed by atoms with E-state index in [2.05, 4.69) is 0 Å². The van der Waals surface area contributed by atoms with Crippen LogP contribution in [0.2, 0.25) is 0 Å². The highest BCUT2D eigenvalue weighted by Gasteiger charge is 2.38. The van der Waals surface area contributed by atoms with Gasteiger partial charge >= 0.3 is 0 Å². The number of pyridine rings is 1. The first kappa shape index (κ1) is 12.9. The smallest absolute Gasteiger partial charge is 0.216 e. The SMILES string of the molecule is [2H]C([2H])([2H])c1c[n+](C)c(-c2c(C)ccc3c2oc2c4c(ccc23)-c2ccccc2C4(C([2H])([2H])[2H])C([2H])([2H])[2H])cc1C([2H])(C)C. The first-order valence-electron chi connectivity index (χ1n) is 16.4. The number of aromatic nitrogens is 1. The van der Waals surface area contributed by atoms with Crippen molar-refractivity contribution in [1.82, 2.24) is 0 Å². The number of nitrogens with zero attached hydrogens (tertiary/aromatic N) is 1. The van der Waals surface area contributed by atoms with Gasteiger partial charge in [0.15, 0.2) is 6.20 Å². The summed E-state index contributed by atoms with van der Waals surface area (Å²) in [5, 5.41) is 1.24. The van der Waals surface area contributed by atoms with Crippen molar-refractivity contribution in [3.63, 3.8) is 0 Å². The summed E-state index contributed by atoms with van der Waals surface area (Å²) in [7, 11) is 1.73. The van der Waals surface area contributed by atoms with Crippen LogP contribution in [0, 0.1) is 13.8 Å². The topological polar surface area (TPSA) is 17.0 Å². The highest BCUT2D eigenvalue weighted by molar-refractivity contribution is 6.12. The zero-order valence-electron chi connectivity index (χ0n) is 29.6. The van der Waals surface area contributed by atoms with Crippen molar-refractivity contribution >= 4 is 21.9 Å². The molecular formula is C32H32NO+. The standard InChI is InChI=1S/C32H32NO/c1-18(2)25-16-27(33(7)17-20(25)4)28-19(3)12-13-23-24-15-14-22-21-10-8-9-11-26(21)32(5,6)29(22)31(24)34-30(23)28/h8-18H,1-7H3/q+1/i4D3,5D3,6D3,18D. The number of hydrogen-bond donors (Lipinski definition) is 0. The number of fused-ring (bicyclic) bond motifs is 7. The third-order valence-corrected chi connectivity index (χ3v) is 7.08. The zero-order chi connectivity index (χ0) is 32.4. The van der Waals surface area contributed by atoms with Crippen LogP contribution in [0.1, 0.15) is 75.0 Å². The van der Waals surface area contributed by atoms with Crippen LogP contribution in [0.5, 0.6) is 0 Å². The molecular weight excluding hydrogens is 414 g/mol. The molecule has 0 N–H and O–H groups in total. The van der Waals surface area contributed by atoms with E-state index in [1.165, 1.54) is 6.20 Å². The van der Waals surface area contributed by atoms with Crippen molar-refractivity contribution < 1.29 is 22.7 Å². The molecule has 3 aromatic carbocycles. The van der Waals surface area contributed by atoms with E-state index in [0.717, 1.165) is 5.56 Å². The van der Waals surface area contributed by atoms with E-state index in [0.29, 0.717) is 44.3 Å². The number of aryl methyl sites for hydroxylation is 3. The maximum Gasteiger partial charge on any atom is 0.216 e. The van der Waals surface area contributed by atoms with Gasteiger partial charge in [-0.15, -0.1) is 0 Å². The van der Waals surface area contributed by atoms with Crippen LogP contribution in [0.25, 0.3) is 44.3 Å². The molecule has 170 valence electrons. The molecule has 2 heterocycles. The molecule has 34 heavy (non-hydrogen) atoms. The lowest BCUT2D eigenvalue weighted by molar-refractivity contribution is -0.660. The Bertz CT molecular complexity index is 1970. The van der Waals surface area contributed by atoms with Gasteiger partial charge in [0.25, 0.3) is 0 Å². The molecule has 0 spiro atoms. The van der Waals surface area contributed by atoms with Gasteiger partial charge < -0.3 is 4.42 Å². The highest BCUT2D eigenvalue weighted by Crippen LogP contribution is 2.53. The van der Waals surface area contributed by atoms with Gasteiger partial charge in [-0.3, -0.25) is 0 Å². The molecule has 6 rings (SSSR count). The molecule has 5 aromatic rings. The summed E-state index contributed by atoms with van der Waals surface area (Å²) in [6.45, 7) is -3.16. The maximum absolute atomic E-state index is 8.75. The van der Waals surface area contributed by atoms with Gasteiger partial charge in [-0.05, 0) is 53.6 Å². The summed E-state index contributed by atoms with van der Waals surface area (Å²) in [6.07, 6.45) is 1.53. The Morgan fingerprint density at radius 3 is 2.47 bits per heavy atom. The van der Waals surface area contributed by atoms with E-state index in [-0.39, 0.29) is 22.3 Å². The van der Waals surface area contributed by atoms with Crippen molar-refractivity contribution in [2.75, 3.05) is 0 Å². The summed E-state index contributed by atoms with van der Waals surface area (Å²) in [6, 6.07) is 15.8. The molecule has 2 aromatic heterocycles.